The minimum atomic E-state index is -1.27. The van der Waals surface area contributed by atoms with Crippen molar-refractivity contribution < 1.29 is 23.5 Å². The van der Waals surface area contributed by atoms with Gasteiger partial charge in [-0.1, -0.05) is 49.4 Å². The zero-order valence-corrected chi connectivity index (χ0v) is 20.7. The molecule has 0 saturated carbocycles. The Morgan fingerprint density at radius 3 is 2.27 bits per heavy atom. The van der Waals surface area contributed by atoms with E-state index in [-0.39, 0.29) is 18.5 Å². The van der Waals surface area contributed by atoms with Crippen molar-refractivity contribution in [2.45, 2.75) is 38.5 Å². The van der Waals surface area contributed by atoms with Crippen molar-refractivity contribution in [1.82, 2.24) is 10.2 Å². The zero-order valence-electron chi connectivity index (χ0n) is 20.7. The fraction of sp³-hybridized carbons (Fsp3) is 0.286. The summed E-state index contributed by atoms with van der Waals surface area (Å²) in [4.78, 5) is 26.9. The molecule has 0 radical (unpaired) electrons. The number of amides is 3. The molecule has 3 aromatic rings. The second-order valence-electron chi connectivity index (χ2n) is 8.68. The minimum absolute atomic E-state index is 0.00574. The van der Waals surface area contributed by atoms with Gasteiger partial charge in [0.15, 0.2) is 0 Å². The van der Waals surface area contributed by atoms with Gasteiger partial charge in [0.2, 0.25) is 5.91 Å². The molecular weight excluding hydrogens is 478 g/mol. The minimum Gasteiger partial charge on any atom is -0.390 e. The van der Waals surface area contributed by atoms with Crippen LogP contribution in [0, 0.1) is 11.6 Å². The molecule has 9 heteroatoms. The summed E-state index contributed by atoms with van der Waals surface area (Å²) in [5.41, 5.74) is 8.39. The molecule has 3 rings (SSSR count). The van der Waals surface area contributed by atoms with E-state index in [0.717, 1.165) is 35.1 Å². The first-order chi connectivity index (χ1) is 17.8. The SMILES string of the molecule is CCc1cccc(CNC[C@@H](O)[C@H](Cc2cc(F)cc(F)c2)N(C(=O)CN)C(=O)Nc2ccccc2)c1. The van der Waals surface area contributed by atoms with E-state index in [0.29, 0.717) is 12.2 Å². The van der Waals surface area contributed by atoms with Crippen molar-refractivity contribution in [1.29, 1.82) is 0 Å². The van der Waals surface area contributed by atoms with Crippen LogP contribution >= 0.6 is 0 Å². The molecule has 37 heavy (non-hydrogen) atoms. The molecule has 3 amide bonds. The third kappa shape index (κ3) is 8.18. The molecule has 0 spiro atoms. The van der Waals surface area contributed by atoms with Gasteiger partial charge in [0.1, 0.15) is 11.6 Å². The summed E-state index contributed by atoms with van der Waals surface area (Å²) in [6, 6.07) is 17.4. The summed E-state index contributed by atoms with van der Waals surface area (Å²) in [5.74, 6) is -2.35. The molecule has 0 heterocycles. The smallest absolute Gasteiger partial charge is 0.328 e. The summed E-state index contributed by atoms with van der Waals surface area (Å²) < 4.78 is 27.8. The van der Waals surface area contributed by atoms with Crippen LogP contribution in [0.3, 0.4) is 0 Å². The van der Waals surface area contributed by atoms with E-state index in [2.05, 4.69) is 17.6 Å². The van der Waals surface area contributed by atoms with Gasteiger partial charge in [0, 0.05) is 24.8 Å². The Kier molecular flexibility index (Phi) is 10.3. The number of hydrogen-bond acceptors (Lipinski definition) is 5. The molecule has 196 valence electrons. The van der Waals surface area contributed by atoms with Crippen LogP contribution in [0.25, 0.3) is 0 Å². The van der Waals surface area contributed by atoms with Crippen LogP contribution in [0.15, 0.2) is 72.8 Å². The number of urea groups is 1. The summed E-state index contributed by atoms with van der Waals surface area (Å²) in [6.07, 6.45) is -0.565. The average Bonchev–Trinajstić information content (AvgIpc) is 2.88. The first kappa shape index (κ1) is 27.9. The van der Waals surface area contributed by atoms with Crippen molar-refractivity contribution in [2.75, 3.05) is 18.4 Å². The molecule has 0 aliphatic carbocycles. The maximum absolute atomic E-state index is 13.9. The Labute approximate surface area is 215 Å². The number of imide groups is 1. The number of nitrogens with two attached hydrogens (primary N) is 1. The third-order valence-electron chi connectivity index (χ3n) is 5.91. The predicted octanol–water partition coefficient (Wildman–Crippen LogP) is 3.61. The number of para-hydroxylation sites is 1. The van der Waals surface area contributed by atoms with Gasteiger partial charge in [0.05, 0.1) is 18.7 Å². The van der Waals surface area contributed by atoms with Gasteiger partial charge >= 0.3 is 6.03 Å². The number of carbonyl (C=O) groups is 2. The summed E-state index contributed by atoms with van der Waals surface area (Å²) >= 11 is 0. The van der Waals surface area contributed by atoms with Crippen molar-refractivity contribution >= 4 is 17.6 Å². The molecule has 2 atom stereocenters. The number of aliphatic hydroxyl groups excluding tert-OH is 1. The molecule has 0 saturated heterocycles. The van der Waals surface area contributed by atoms with Crippen LogP contribution in [-0.4, -0.2) is 47.2 Å². The fourth-order valence-corrected chi connectivity index (χ4v) is 4.08. The van der Waals surface area contributed by atoms with Crippen LogP contribution in [-0.2, 0) is 24.2 Å². The van der Waals surface area contributed by atoms with Crippen molar-refractivity contribution in [3.05, 3.63) is 101 Å². The van der Waals surface area contributed by atoms with Crippen molar-refractivity contribution in [2.24, 2.45) is 5.73 Å². The highest BCUT2D eigenvalue weighted by Gasteiger charge is 2.34. The number of nitrogens with one attached hydrogen (secondary N) is 2. The topological polar surface area (TPSA) is 108 Å². The van der Waals surface area contributed by atoms with Crippen molar-refractivity contribution in [3.63, 3.8) is 0 Å². The molecule has 7 nitrogen and oxygen atoms in total. The van der Waals surface area contributed by atoms with E-state index in [4.69, 9.17) is 5.73 Å². The largest absolute Gasteiger partial charge is 0.390 e. The zero-order chi connectivity index (χ0) is 26.8. The average molecular weight is 511 g/mol. The standard InChI is InChI=1S/C28H32F2N4O3/c1-2-19-7-6-8-20(11-19)17-32-18-26(35)25(14-21-12-22(29)15-23(30)13-21)34(27(36)16-31)28(37)33-24-9-4-3-5-10-24/h3-13,15,25-26,32,35H,2,14,16-18,31H2,1H3,(H,33,37)/t25-,26+/m0/s1. The first-order valence-electron chi connectivity index (χ1n) is 12.1. The van der Waals surface area contributed by atoms with Gasteiger partial charge in [-0.3, -0.25) is 9.69 Å². The molecule has 0 bridgehead atoms. The highest BCUT2D eigenvalue weighted by atomic mass is 19.1. The number of hydrogen-bond donors (Lipinski definition) is 4. The number of aryl methyl sites for hydroxylation is 1. The molecule has 0 unspecified atom stereocenters. The first-order valence-corrected chi connectivity index (χ1v) is 12.1. The highest BCUT2D eigenvalue weighted by Crippen LogP contribution is 2.18. The normalized spacial score (nSPS) is 12.6. The molecule has 5 N–H and O–H groups in total. The molecule has 0 aromatic heterocycles. The van der Waals surface area contributed by atoms with Gasteiger partial charge in [-0.15, -0.1) is 0 Å². The Morgan fingerprint density at radius 1 is 0.946 bits per heavy atom. The monoisotopic (exact) mass is 510 g/mol. The maximum Gasteiger partial charge on any atom is 0.328 e. The molecule has 0 fully saturated rings. The predicted molar refractivity (Wildman–Crippen MR) is 139 cm³/mol. The number of carbonyl (C=O) groups excluding carboxylic acids is 2. The third-order valence-corrected chi connectivity index (χ3v) is 5.91. The van der Waals surface area contributed by atoms with E-state index in [1.165, 1.54) is 5.56 Å². The van der Waals surface area contributed by atoms with Crippen LogP contribution in [0.5, 0.6) is 0 Å². The van der Waals surface area contributed by atoms with Gasteiger partial charge in [-0.05, 0) is 53.8 Å². The number of rotatable bonds is 11. The Morgan fingerprint density at radius 2 is 1.62 bits per heavy atom. The second kappa shape index (κ2) is 13.6. The Hall–Kier alpha value is -3.66. The van der Waals surface area contributed by atoms with Gasteiger partial charge in [0.25, 0.3) is 0 Å². The number of benzene rings is 3. The van der Waals surface area contributed by atoms with E-state index in [9.17, 15) is 23.5 Å². The van der Waals surface area contributed by atoms with E-state index in [1.807, 2.05) is 24.3 Å². The number of halogens is 2. The van der Waals surface area contributed by atoms with E-state index < -0.39 is 42.3 Å². The van der Waals surface area contributed by atoms with Gasteiger partial charge in [-0.2, -0.15) is 0 Å². The summed E-state index contributed by atoms with van der Waals surface area (Å²) in [7, 11) is 0. The van der Waals surface area contributed by atoms with Gasteiger partial charge < -0.3 is 21.5 Å². The molecular formula is C28H32F2N4O3. The van der Waals surface area contributed by atoms with Gasteiger partial charge in [-0.25, -0.2) is 13.6 Å². The van der Waals surface area contributed by atoms with E-state index in [1.54, 1.807) is 30.3 Å². The lowest BCUT2D eigenvalue weighted by Gasteiger charge is -2.33. The Balaban J connectivity index is 1.85. The van der Waals surface area contributed by atoms with Crippen LogP contribution in [0.2, 0.25) is 0 Å². The Bertz CT molecular complexity index is 1170. The fourth-order valence-electron chi connectivity index (χ4n) is 4.08. The quantitative estimate of drug-likeness (QED) is 0.315. The number of anilines is 1. The second-order valence-corrected chi connectivity index (χ2v) is 8.68. The maximum atomic E-state index is 13.9. The highest BCUT2D eigenvalue weighted by molar-refractivity contribution is 6.02. The molecule has 0 aliphatic heterocycles. The number of nitrogens with zero attached hydrogens (tertiary/aromatic N) is 1. The lowest BCUT2D eigenvalue weighted by atomic mass is 9.98. The van der Waals surface area contributed by atoms with Crippen molar-refractivity contribution in [3.8, 4) is 0 Å². The lowest BCUT2D eigenvalue weighted by molar-refractivity contribution is -0.130. The van der Waals surface area contributed by atoms with Crippen LogP contribution in [0.4, 0.5) is 19.3 Å². The summed E-state index contributed by atoms with van der Waals surface area (Å²) in [5, 5.41) is 16.9. The van der Waals surface area contributed by atoms with Crippen LogP contribution < -0.4 is 16.4 Å². The summed E-state index contributed by atoms with van der Waals surface area (Å²) in [6.45, 7) is 2.00. The van der Waals surface area contributed by atoms with Crippen LogP contribution in [0.1, 0.15) is 23.6 Å². The lowest BCUT2D eigenvalue weighted by Crippen LogP contribution is -2.56. The number of aliphatic hydroxyl groups is 1. The van der Waals surface area contributed by atoms with E-state index >= 15 is 0 Å². The molecule has 3 aromatic carbocycles. The molecule has 0 aliphatic rings.